The van der Waals surface area contributed by atoms with Crippen molar-refractivity contribution in [1.29, 1.82) is 0 Å². The lowest BCUT2D eigenvalue weighted by Crippen LogP contribution is -2.08. The predicted octanol–water partition coefficient (Wildman–Crippen LogP) is 2.17. The molecule has 16 heavy (non-hydrogen) atoms. The lowest BCUT2D eigenvalue weighted by molar-refractivity contribution is 0.615. The van der Waals surface area contributed by atoms with Crippen molar-refractivity contribution in [1.82, 2.24) is 9.55 Å². The molecule has 0 aliphatic carbocycles. The Hall–Kier alpha value is -1.39. The molecule has 0 spiro atoms. The molecule has 2 N–H and O–H groups in total. The van der Waals surface area contributed by atoms with Crippen LogP contribution in [-0.4, -0.2) is 16.1 Å². The van der Waals surface area contributed by atoms with Gasteiger partial charge in [-0.15, -0.1) is 0 Å². The molecule has 1 heterocycles. The van der Waals surface area contributed by atoms with Crippen LogP contribution in [-0.2, 0) is 6.42 Å². The van der Waals surface area contributed by atoms with E-state index < -0.39 is 0 Å². The van der Waals surface area contributed by atoms with E-state index in [-0.39, 0.29) is 5.82 Å². The Kier molecular flexibility index (Phi) is 3.22. The summed E-state index contributed by atoms with van der Waals surface area (Å²) in [6.07, 6.45) is 3.87. The van der Waals surface area contributed by atoms with E-state index in [1.54, 1.807) is 23.2 Å². The van der Waals surface area contributed by atoms with E-state index >= 15 is 0 Å². The Balaban J connectivity index is 2.49. The molecule has 2 rings (SSSR count). The van der Waals surface area contributed by atoms with E-state index in [1.165, 1.54) is 12.1 Å². The fourth-order valence-corrected chi connectivity index (χ4v) is 1.71. The van der Waals surface area contributed by atoms with E-state index in [9.17, 15) is 4.39 Å². The molecule has 0 saturated carbocycles. The first-order valence-corrected chi connectivity index (χ1v) is 5.27. The fourth-order valence-electron chi connectivity index (χ4n) is 1.54. The predicted molar refractivity (Wildman–Crippen MR) is 61.3 cm³/mol. The van der Waals surface area contributed by atoms with Gasteiger partial charge in [0.25, 0.3) is 0 Å². The van der Waals surface area contributed by atoms with Gasteiger partial charge >= 0.3 is 0 Å². The van der Waals surface area contributed by atoms with Gasteiger partial charge in [-0.25, -0.2) is 9.37 Å². The van der Waals surface area contributed by atoms with Gasteiger partial charge in [-0.05, 0) is 24.7 Å². The largest absolute Gasteiger partial charge is 0.330 e. The first-order valence-electron chi connectivity index (χ1n) is 4.89. The van der Waals surface area contributed by atoms with Crippen LogP contribution >= 0.6 is 11.6 Å². The maximum atomic E-state index is 13.6. The van der Waals surface area contributed by atoms with Crippen molar-refractivity contribution in [3.8, 4) is 5.69 Å². The van der Waals surface area contributed by atoms with Crippen molar-refractivity contribution in [2.75, 3.05) is 6.54 Å². The lowest BCUT2D eigenvalue weighted by atomic mass is 10.2. The number of hydrogen-bond acceptors (Lipinski definition) is 2. The first kappa shape index (κ1) is 11.1. The number of imidazole rings is 1. The zero-order valence-corrected chi connectivity index (χ0v) is 9.28. The van der Waals surface area contributed by atoms with Crippen LogP contribution in [0.5, 0.6) is 0 Å². The van der Waals surface area contributed by atoms with Crippen LogP contribution in [0.1, 0.15) is 5.69 Å². The van der Waals surface area contributed by atoms with Gasteiger partial charge in [-0.2, -0.15) is 0 Å². The minimum Gasteiger partial charge on any atom is -0.330 e. The molecule has 84 valence electrons. The van der Waals surface area contributed by atoms with Crippen molar-refractivity contribution in [2.24, 2.45) is 5.73 Å². The number of aromatic nitrogens is 2. The number of nitrogens with two attached hydrogens (primary N) is 1. The Bertz CT molecular complexity index is 496. The van der Waals surface area contributed by atoms with E-state index in [2.05, 4.69) is 4.98 Å². The summed E-state index contributed by atoms with van der Waals surface area (Å²) in [5.74, 6) is -0.333. The van der Waals surface area contributed by atoms with Crippen LogP contribution in [0.25, 0.3) is 5.69 Å². The molecule has 0 amide bonds. The molecule has 0 unspecified atom stereocenters. The third kappa shape index (κ3) is 2.08. The van der Waals surface area contributed by atoms with Crippen molar-refractivity contribution in [2.45, 2.75) is 6.42 Å². The fraction of sp³-hybridized carbons (Fsp3) is 0.182. The molecule has 0 atom stereocenters. The van der Waals surface area contributed by atoms with Crippen LogP contribution in [0.2, 0.25) is 5.02 Å². The van der Waals surface area contributed by atoms with E-state index in [0.29, 0.717) is 23.7 Å². The summed E-state index contributed by atoms with van der Waals surface area (Å²) in [5.41, 5.74) is 6.73. The maximum absolute atomic E-state index is 13.6. The van der Waals surface area contributed by atoms with Gasteiger partial charge in [0.1, 0.15) is 5.82 Å². The van der Waals surface area contributed by atoms with Crippen LogP contribution < -0.4 is 5.73 Å². The minimum absolute atomic E-state index is 0.333. The number of nitrogens with zero attached hydrogens (tertiary/aromatic N) is 2. The van der Waals surface area contributed by atoms with Crippen molar-refractivity contribution < 1.29 is 4.39 Å². The van der Waals surface area contributed by atoms with Crippen LogP contribution in [0.3, 0.4) is 0 Å². The number of benzene rings is 1. The summed E-state index contributed by atoms with van der Waals surface area (Å²) in [4.78, 5) is 3.99. The van der Waals surface area contributed by atoms with Gasteiger partial charge in [0.2, 0.25) is 0 Å². The molecule has 0 aliphatic heterocycles. The molecule has 1 aromatic carbocycles. The Morgan fingerprint density at radius 3 is 3.00 bits per heavy atom. The Morgan fingerprint density at radius 1 is 1.44 bits per heavy atom. The summed E-state index contributed by atoms with van der Waals surface area (Å²) in [6.45, 7) is 0.494. The SMILES string of the molecule is NCCc1cncn1-c1cc(Cl)ccc1F. The van der Waals surface area contributed by atoms with Gasteiger partial charge in [-0.1, -0.05) is 11.6 Å². The molecule has 3 nitrogen and oxygen atoms in total. The average Bonchev–Trinajstić information content (AvgIpc) is 2.70. The highest BCUT2D eigenvalue weighted by molar-refractivity contribution is 6.30. The minimum atomic E-state index is -0.333. The second-order valence-electron chi connectivity index (χ2n) is 3.39. The van der Waals surface area contributed by atoms with Gasteiger partial charge in [0.15, 0.2) is 0 Å². The van der Waals surface area contributed by atoms with Crippen LogP contribution in [0.15, 0.2) is 30.7 Å². The molecule has 0 bridgehead atoms. The molecular formula is C11H11ClFN3. The smallest absolute Gasteiger partial charge is 0.147 e. The second-order valence-corrected chi connectivity index (χ2v) is 3.83. The average molecular weight is 240 g/mol. The van der Waals surface area contributed by atoms with Crippen molar-refractivity contribution in [3.05, 3.63) is 47.3 Å². The zero-order chi connectivity index (χ0) is 11.5. The molecule has 0 fully saturated rings. The topological polar surface area (TPSA) is 43.8 Å². The van der Waals surface area contributed by atoms with E-state index in [4.69, 9.17) is 17.3 Å². The molecule has 1 aromatic heterocycles. The summed E-state index contributed by atoms with van der Waals surface area (Å²) in [5, 5.41) is 0.490. The summed E-state index contributed by atoms with van der Waals surface area (Å²) in [7, 11) is 0. The quantitative estimate of drug-likeness (QED) is 0.892. The molecule has 0 saturated heterocycles. The number of halogens is 2. The summed E-state index contributed by atoms with van der Waals surface area (Å²) >= 11 is 5.84. The van der Waals surface area contributed by atoms with Crippen LogP contribution in [0.4, 0.5) is 4.39 Å². The number of hydrogen-bond donors (Lipinski definition) is 1. The maximum Gasteiger partial charge on any atom is 0.147 e. The third-order valence-electron chi connectivity index (χ3n) is 2.28. The first-order chi connectivity index (χ1) is 7.72. The van der Waals surface area contributed by atoms with Gasteiger partial charge in [0, 0.05) is 23.3 Å². The van der Waals surface area contributed by atoms with E-state index in [1.807, 2.05) is 0 Å². The van der Waals surface area contributed by atoms with Crippen LogP contribution in [0, 0.1) is 5.82 Å². The second kappa shape index (κ2) is 4.63. The van der Waals surface area contributed by atoms with E-state index in [0.717, 1.165) is 5.69 Å². The van der Waals surface area contributed by atoms with Gasteiger partial charge < -0.3 is 10.3 Å². The molecule has 0 aliphatic rings. The summed E-state index contributed by atoms with van der Waals surface area (Å²) < 4.78 is 15.3. The zero-order valence-electron chi connectivity index (χ0n) is 8.53. The standard InChI is InChI=1S/C11H11ClFN3/c12-8-1-2-10(13)11(5-8)16-7-15-6-9(16)3-4-14/h1-2,5-7H,3-4,14H2. The molecule has 2 aromatic rings. The third-order valence-corrected chi connectivity index (χ3v) is 2.52. The Labute approximate surface area is 97.7 Å². The highest BCUT2D eigenvalue weighted by atomic mass is 35.5. The monoisotopic (exact) mass is 239 g/mol. The molecule has 0 radical (unpaired) electrons. The number of rotatable bonds is 3. The van der Waals surface area contributed by atoms with Gasteiger partial charge in [-0.3, -0.25) is 0 Å². The lowest BCUT2D eigenvalue weighted by Gasteiger charge is -2.08. The van der Waals surface area contributed by atoms with Gasteiger partial charge in [0.05, 0.1) is 12.0 Å². The Morgan fingerprint density at radius 2 is 2.25 bits per heavy atom. The highest BCUT2D eigenvalue weighted by Crippen LogP contribution is 2.20. The highest BCUT2D eigenvalue weighted by Gasteiger charge is 2.09. The van der Waals surface area contributed by atoms with Crippen molar-refractivity contribution >= 4 is 11.6 Å². The normalized spacial score (nSPS) is 10.7. The van der Waals surface area contributed by atoms with Crippen molar-refractivity contribution in [3.63, 3.8) is 0 Å². The molecule has 5 heteroatoms. The molecular weight excluding hydrogens is 229 g/mol. The summed E-state index contributed by atoms with van der Waals surface area (Å²) in [6, 6.07) is 4.42.